The van der Waals surface area contributed by atoms with Gasteiger partial charge < -0.3 is 0 Å². The summed E-state index contributed by atoms with van der Waals surface area (Å²) in [5.74, 6) is 0. The van der Waals surface area contributed by atoms with Crippen LogP contribution in [0.2, 0.25) is 0 Å². The zero-order valence-electron chi connectivity index (χ0n) is 9.93. The lowest BCUT2D eigenvalue weighted by atomic mass is 9.85. The summed E-state index contributed by atoms with van der Waals surface area (Å²) in [5.41, 5.74) is 3.37. The van der Waals surface area contributed by atoms with Crippen LogP contribution in [0.15, 0.2) is 35.5 Å². The molecule has 14 heavy (non-hydrogen) atoms. The van der Waals surface area contributed by atoms with Crippen LogP contribution in [-0.4, -0.2) is 0 Å². The van der Waals surface area contributed by atoms with Gasteiger partial charge in [-0.15, -0.1) is 0 Å². The van der Waals surface area contributed by atoms with E-state index in [2.05, 4.69) is 52.0 Å². The van der Waals surface area contributed by atoms with E-state index in [0.717, 1.165) is 6.42 Å². The molecule has 0 atom stereocenters. The Morgan fingerprint density at radius 2 is 2.07 bits per heavy atom. The fourth-order valence-electron chi connectivity index (χ4n) is 1.63. The highest BCUT2D eigenvalue weighted by atomic mass is 14.2. The average Bonchev–Trinajstić information content (AvgIpc) is 2.17. The van der Waals surface area contributed by atoms with Crippen molar-refractivity contribution in [1.29, 1.82) is 0 Å². The predicted octanol–water partition coefficient (Wildman–Crippen LogP) is 4.65. The van der Waals surface area contributed by atoms with Crippen LogP contribution in [0, 0.1) is 5.41 Å². The molecule has 0 N–H and O–H groups in total. The topological polar surface area (TPSA) is 0 Å². The Kier molecular flexibility index (Phi) is 3.74. The van der Waals surface area contributed by atoms with Crippen molar-refractivity contribution in [2.75, 3.05) is 0 Å². The molecule has 0 heterocycles. The fraction of sp³-hybridized carbons (Fsp3) is 0.571. The van der Waals surface area contributed by atoms with Crippen LogP contribution in [0.25, 0.3) is 0 Å². The van der Waals surface area contributed by atoms with Crippen LogP contribution in [-0.2, 0) is 0 Å². The van der Waals surface area contributed by atoms with Crippen LogP contribution in [0.4, 0.5) is 0 Å². The lowest BCUT2D eigenvalue weighted by molar-refractivity contribution is 0.459. The molecule has 0 aliphatic heterocycles. The van der Waals surface area contributed by atoms with Gasteiger partial charge in [-0.3, -0.25) is 0 Å². The molecule has 0 nitrogen and oxygen atoms in total. The van der Waals surface area contributed by atoms with Crippen molar-refractivity contribution >= 4 is 0 Å². The second-order valence-electron chi connectivity index (χ2n) is 4.78. The lowest BCUT2D eigenvalue weighted by Crippen LogP contribution is -2.06. The first-order valence-corrected chi connectivity index (χ1v) is 5.65. The first kappa shape index (κ1) is 11.3. The minimum Gasteiger partial charge on any atom is -0.0753 e. The summed E-state index contributed by atoms with van der Waals surface area (Å²) >= 11 is 0. The summed E-state index contributed by atoms with van der Waals surface area (Å²) in [7, 11) is 0. The SMILES string of the molecule is CCC1=CC=C/C(=C/C(C)(C)CC)C1. The van der Waals surface area contributed by atoms with Gasteiger partial charge in [-0.2, -0.15) is 0 Å². The van der Waals surface area contributed by atoms with Crippen molar-refractivity contribution in [2.24, 2.45) is 5.41 Å². The fourth-order valence-corrected chi connectivity index (χ4v) is 1.63. The highest BCUT2D eigenvalue weighted by Gasteiger charge is 2.13. The summed E-state index contributed by atoms with van der Waals surface area (Å²) < 4.78 is 0. The van der Waals surface area contributed by atoms with Crippen molar-refractivity contribution in [3.8, 4) is 0 Å². The van der Waals surface area contributed by atoms with Gasteiger partial charge in [0, 0.05) is 0 Å². The molecule has 78 valence electrons. The van der Waals surface area contributed by atoms with Crippen LogP contribution in [0.5, 0.6) is 0 Å². The van der Waals surface area contributed by atoms with E-state index in [1.807, 2.05) is 0 Å². The van der Waals surface area contributed by atoms with E-state index < -0.39 is 0 Å². The second-order valence-corrected chi connectivity index (χ2v) is 4.78. The third-order valence-corrected chi connectivity index (χ3v) is 3.01. The smallest absolute Gasteiger partial charge is 0.00670 e. The van der Waals surface area contributed by atoms with Crippen molar-refractivity contribution in [3.63, 3.8) is 0 Å². The molecule has 0 spiro atoms. The van der Waals surface area contributed by atoms with Crippen molar-refractivity contribution in [2.45, 2.75) is 47.0 Å². The largest absolute Gasteiger partial charge is 0.0753 e. The van der Waals surface area contributed by atoms with Gasteiger partial charge in [-0.25, -0.2) is 0 Å². The van der Waals surface area contributed by atoms with Crippen LogP contribution in [0.1, 0.15) is 47.0 Å². The maximum Gasteiger partial charge on any atom is -0.00670 e. The quantitative estimate of drug-likeness (QED) is 0.608. The molecule has 0 bridgehead atoms. The third kappa shape index (κ3) is 3.17. The van der Waals surface area contributed by atoms with E-state index in [1.54, 1.807) is 5.57 Å². The third-order valence-electron chi connectivity index (χ3n) is 3.01. The summed E-state index contributed by atoms with van der Waals surface area (Å²) in [6, 6.07) is 0. The van der Waals surface area contributed by atoms with Gasteiger partial charge in [0.1, 0.15) is 0 Å². The molecular weight excluding hydrogens is 168 g/mol. The molecule has 0 saturated carbocycles. The molecule has 0 amide bonds. The van der Waals surface area contributed by atoms with Crippen molar-refractivity contribution in [1.82, 2.24) is 0 Å². The molecule has 1 rings (SSSR count). The monoisotopic (exact) mass is 190 g/mol. The van der Waals surface area contributed by atoms with Gasteiger partial charge in [0.25, 0.3) is 0 Å². The predicted molar refractivity (Wildman–Crippen MR) is 64.3 cm³/mol. The van der Waals surface area contributed by atoms with Crippen LogP contribution < -0.4 is 0 Å². The molecule has 0 aromatic heterocycles. The van der Waals surface area contributed by atoms with Gasteiger partial charge in [-0.1, -0.05) is 57.6 Å². The molecule has 0 heteroatoms. The normalized spacial score (nSPS) is 20.0. The summed E-state index contributed by atoms with van der Waals surface area (Å²) in [4.78, 5) is 0. The average molecular weight is 190 g/mol. The van der Waals surface area contributed by atoms with Crippen molar-refractivity contribution in [3.05, 3.63) is 35.5 Å². The molecule has 1 aliphatic carbocycles. The van der Waals surface area contributed by atoms with Crippen LogP contribution in [0.3, 0.4) is 0 Å². The van der Waals surface area contributed by atoms with Gasteiger partial charge in [0.2, 0.25) is 0 Å². The number of hydrogen-bond donors (Lipinski definition) is 0. The highest BCUT2D eigenvalue weighted by Crippen LogP contribution is 2.28. The molecule has 0 aromatic rings. The Hall–Kier alpha value is -0.780. The van der Waals surface area contributed by atoms with Gasteiger partial charge >= 0.3 is 0 Å². The van der Waals surface area contributed by atoms with Gasteiger partial charge in [0.05, 0.1) is 0 Å². The standard InChI is InChI=1S/C14H22/c1-5-12-8-7-9-13(10-12)11-14(3,4)6-2/h7-9,11H,5-6,10H2,1-4H3/b13-11-. The Morgan fingerprint density at radius 1 is 1.36 bits per heavy atom. The lowest BCUT2D eigenvalue weighted by Gasteiger charge is -2.20. The first-order valence-electron chi connectivity index (χ1n) is 5.65. The van der Waals surface area contributed by atoms with Crippen LogP contribution >= 0.6 is 0 Å². The molecular formula is C14H22. The molecule has 0 radical (unpaired) electrons. The summed E-state index contributed by atoms with van der Waals surface area (Å²) in [5, 5.41) is 0. The van der Waals surface area contributed by atoms with E-state index in [1.165, 1.54) is 18.4 Å². The summed E-state index contributed by atoms with van der Waals surface area (Å²) in [6.45, 7) is 9.09. The van der Waals surface area contributed by atoms with E-state index in [4.69, 9.17) is 0 Å². The van der Waals surface area contributed by atoms with E-state index in [0.29, 0.717) is 5.41 Å². The Bertz CT molecular complexity index is 274. The maximum absolute atomic E-state index is 2.42. The van der Waals surface area contributed by atoms with E-state index in [9.17, 15) is 0 Å². The first-order chi connectivity index (χ1) is 6.57. The minimum atomic E-state index is 0.343. The zero-order chi connectivity index (χ0) is 10.6. The Balaban J connectivity index is 2.74. The second kappa shape index (κ2) is 4.63. The molecule has 0 saturated heterocycles. The molecule has 0 aromatic carbocycles. The zero-order valence-corrected chi connectivity index (χ0v) is 9.93. The minimum absolute atomic E-state index is 0.343. The number of allylic oxidation sites excluding steroid dienone is 6. The van der Waals surface area contributed by atoms with Crippen molar-refractivity contribution < 1.29 is 0 Å². The van der Waals surface area contributed by atoms with E-state index >= 15 is 0 Å². The Labute approximate surface area is 88.4 Å². The van der Waals surface area contributed by atoms with Gasteiger partial charge in [0.15, 0.2) is 0 Å². The molecule has 1 aliphatic rings. The van der Waals surface area contributed by atoms with Gasteiger partial charge in [-0.05, 0) is 30.3 Å². The summed E-state index contributed by atoms with van der Waals surface area (Å²) in [6.07, 6.45) is 12.6. The number of rotatable bonds is 3. The molecule has 0 unspecified atom stereocenters. The highest BCUT2D eigenvalue weighted by molar-refractivity contribution is 5.35. The number of hydrogen-bond acceptors (Lipinski definition) is 0. The van der Waals surface area contributed by atoms with E-state index in [-0.39, 0.29) is 0 Å². The molecule has 0 fully saturated rings. The maximum atomic E-state index is 2.42. The Morgan fingerprint density at radius 3 is 2.64 bits per heavy atom.